The number of piperidine rings is 1. The van der Waals surface area contributed by atoms with E-state index in [9.17, 15) is 17.6 Å². The Hall–Kier alpha value is -2.25. The van der Waals surface area contributed by atoms with Crippen LogP contribution in [0.5, 0.6) is 0 Å². The molecule has 1 aliphatic heterocycles. The molecule has 0 bridgehead atoms. The highest BCUT2D eigenvalue weighted by Gasteiger charge is 2.27. The molecule has 1 aliphatic rings. The van der Waals surface area contributed by atoms with Crippen LogP contribution in [0.25, 0.3) is 0 Å². The average molecular weight is 433 g/mol. The largest absolute Gasteiger partial charge is 0.349 e. The third-order valence-corrected chi connectivity index (χ3v) is 6.76. The fourth-order valence-electron chi connectivity index (χ4n) is 3.92. The Morgan fingerprint density at radius 2 is 1.83 bits per heavy atom. The van der Waals surface area contributed by atoms with Gasteiger partial charge in [0.2, 0.25) is 5.91 Å². The lowest BCUT2D eigenvalue weighted by Gasteiger charge is -2.33. The molecule has 1 fully saturated rings. The number of carbonyl (C=O) groups excluding carboxylic acids is 1. The Labute approximate surface area is 178 Å². The van der Waals surface area contributed by atoms with E-state index in [-0.39, 0.29) is 28.6 Å². The summed E-state index contributed by atoms with van der Waals surface area (Å²) in [7, 11) is -3.24. The first-order chi connectivity index (χ1) is 14.3. The summed E-state index contributed by atoms with van der Waals surface area (Å²) in [5.41, 5.74) is 1.94. The second-order valence-electron chi connectivity index (χ2n) is 8.01. The quantitative estimate of drug-likeness (QED) is 0.724. The van der Waals surface area contributed by atoms with Crippen LogP contribution < -0.4 is 5.32 Å². The highest BCUT2D eigenvalue weighted by Crippen LogP contribution is 2.23. The number of likely N-dealkylation sites (tertiary alicyclic amines) is 1. The molecule has 5 nitrogen and oxygen atoms in total. The molecule has 3 rings (SSSR count). The van der Waals surface area contributed by atoms with E-state index < -0.39 is 9.84 Å². The molecule has 2 atom stereocenters. The Morgan fingerprint density at radius 3 is 2.43 bits per heavy atom. The van der Waals surface area contributed by atoms with Gasteiger partial charge in [0.25, 0.3) is 0 Å². The maximum Gasteiger partial charge on any atom is 0.224 e. The topological polar surface area (TPSA) is 66.5 Å². The lowest BCUT2D eigenvalue weighted by atomic mass is 9.95. The number of halogens is 1. The van der Waals surface area contributed by atoms with Crippen LogP contribution in [-0.2, 0) is 21.2 Å². The molecule has 162 valence electrons. The van der Waals surface area contributed by atoms with E-state index in [1.165, 1.54) is 18.4 Å². The first-order valence-electron chi connectivity index (χ1n) is 10.3. The zero-order chi connectivity index (χ0) is 21.7. The molecule has 0 saturated carbocycles. The van der Waals surface area contributed by atoms with Gasteiger partial charge in [-0.2, -0.15) is 0 Å². The van der Waals surface area contributed by atoms with Crippen molar-refractivity contribution in [1.29, 1.82) is 0 Å². The molecule has 0 unspecified atom stereocenters. The van der Waals surface area contributed by atoms with E-state index in [0.29, 0.717) is 13.1 Å². The minimum atomic E-state index is -3.24. The monoisotopic (exact) mass is 432 g/mol. The third-order valence-electron chi connectivity index (χ3n) is 5.63. The predicted octanol–water partition coefficient (Wildman–Crippen LogP) is 3.71. The van der Waals surface area contributed by atoms with Crippen molar-refractivity contribution in [3.05, 3.63) is 65.5 Å². The molecule has 30 heavy (non-hydrogen) atoms. The van der Waals surface area contributed by atoms with Gasteiger partial charge < -0.3 is 5.32 Å². The summed E-state index contributed by atoms with van der Waals surface area (Å²) < 4.78 is 36.4. The number of hydrogen-bond acceptors (Lipinski definition) is 4. The standard InChI is InChI=1S/C23H29FN2O3S/c1-3-22(18-8-12-21(13-9-18)30(2,28)29)25-23(27)19-5-4-14-26(16-19)15-17-6-10-20(24)11-7-17/h6-13,19,22H,3-5,14-16H2,1-2H3,(H,25,27)/t19-,22+/m1/s1. The summed E-state index contributed by atoms with van der Waals surface area (Å²) in [6, 6.07) is 13.1. The predicted molar refractivity (Wildman–Crippen MR) is 115 cm³/mol. The van der Waals surface area contributed by atoms with Crippen molar-refractivity contribution in [2.45, 2.75) is 43.7 Å². The number of nitrogens with zero attached hydrogens (tertiary/aromatic N) is 1. The van der Waals surface area contributed by atoms with E-state index in [1.54, 1.807) is 36.4 Å². The molecule has 1 saturated heterocycles. The van der Waals surface area contributed by atoms with Crippen LogP contribution in [0.3, 0.4) is 0 Å². The summed E-state index contributed by atoms with van der Waals surface area (Å²) >= 11 is 0. The number of hydrogen-bond donors (Lipinski definition) is 1. The van der Waals surface area contributed by atoms with Crippen molar-refractivity contribution < 1.29 is 17.6 Å². The van der Waals surface area contributed by atoms with Gasteiger partial charge in [-0.3, -0.25) is 9.69 Å². The summed E-state index contributed by atoms with van der Waals surface area (Å²) in [5.74, 6) is -0.314. The van der Waals surface area contributed by atoms with E-state index in [1.807, 2.05) is 6.92 Å². The second kappa shape index (κ2) is 9.71. The lowest BCUT2D eigenvalue weighted by Crippen LogP contribution is -2.43. The normalized spacial score (nSPS) is 18.7. The molecular formula is C23H29FN2O3S. The smallest absolute Gasteiger partial charge is 0.224 e. The zero-order valence-electron chi connectivity index (χ0n) is 17.5. The summed E-state index contributed by atoms with van der Waals surface area (Å²) in [6.45, 7) is 4.29. The first kappa shape index (κ1) is 22.4. The summed E-state index contributed by atoms with van der Waals surface area (Å²) in [5, 5.41) is 3.14. The Morgan fingerprint density at radius 1 is 1.17 bits per heavy atom. The second-order valence-corrected chi connectivity index (χ2v) is 10.0. The van der Waals surface area contributed by atoms with Crippen molar-refractivity contribution in [3.8, 4) is 0 Å². The van der Waals surface area contributed by atoms with E-state index in [4.69, 9.17) is 0 Å². The summed E-state index contributed by atoms with van der Waals surface area (Å²) in [6.07, 6.45) is 3.69. The Bertz CT molecular complexity index is 959. The molecule has 7 heteroatoms. The van der Waals surface area contributed by atoms with Gasteiger partial charge in [0.15, 0.2) is 9.84 Å². The number of nitrogens with one attached hydrogen (secondary N) is 1. The van der Waals surface area contributed by atoms with Crippen molar-refractivity contribution in [2.75, 3.05) is 19.3 Å². The van der Waals surface area contributed by atoms with Gasteiger partial charge in [-0.05, 0) is 61.2 Å². The van der Waals surface area contributed by atoms with Crippen LogP contribution in [0.15, 0.2) is 53.4 Å². The molecular weight excluding hydrogens is 403 g/mol. The maximum atomic E-state index is 13.1. The van der Waals surface area contributed by atoms with Gasteiger partial charge >= 0.3 is 0 Å². The van der Waals surface area contributed by atoms with Crippen LogP contribution in [0.1, 0.15) is 43.4 Å². The van der Waals surface area contributed by atoms with Crippen LogP contribution in [0.2, 0.25) is 0 Å². The van der Waals surface area contributed by atoms with Gasteiger partial charge in [-0.1, -0.05) is 31.2 Å². The molecule has 1 amide bonds. The van der Waals surface area contributed by atoms with Gasteiger partial charge in [0, 0.05) is 19.3 Å². The molecule has 0 aliphatic carbocycles. The minimum absolute atomic E-state index is 0.0258. The zero-order valence-corrected chi connectivity index (χ0v) is 18.3. The highest BCUT2D eigenvalue weighted by molar-refractivity contribution is 7.90. The van der Waals surface area contributed by atoms with Gasteiger partial charge in [-0.25, -0.2) is 12.8 Å². The van der Waals surface area contributed by atoms with Crippen LogP contribution in [-0.4, -0.2) is 38.6 Å². The van der Waals surface area contributed by atoms with Crippen molar-refractivity contribution in [1.82, 2.24) is 10.2 Å². The SMILES string of the molecule is CC[C@H](NC(=O)[C@@H]1CCCN(Cc2ccc(F)cc2)C1)c1ccc(S(C)(=O)=O)cc1. The molecule has 0 radical (unpaired) electrons. The fourth-order valence-corrected chi connectivity index (χ4v) is 4.55. The van der Waals surface area contributed by atoms with Crippen LogP contribution >= 0.6 is 0 Å². The van der Waals surface area contributed by atoms with E-state index >= 15 is 0 Å². The van der Waals surface area contributed by atoms with Crippen molar-refractivity contribution >= 4 is 15.7 Å². The number of amides is 1. The minimum Gasteiger partial charge on any atom is -0.349 e. The van der Waals surface area contributed by atoms with E-state index in [2.05, 4.69) is 10.2 Å². The van der Waals surface area contributed by atoms with Gasteiger partial charge in [0.05, 0.1) is 16.9 Å². The van der Waals surface area contributed by atoms with Gasteiger partial charge in [0.1, 0.15) is 5.82 Å². The molecule has 2 aromatic rings. The fraction of sp³-hybridized carbons (Fsp3) is 0.435. The van der Waals surface area contributed by atoms with Crippen molar-refractivity contribution in [3.63, 3.8) is 0 Å². The van der Waals surface area contributed by atoms with Crippen LogP contribution in [0, 0.1) is 11.7 Å². The number of rotatable bonds is 7. The van der Waals surface area contributed by atoms with Gasteiger partial charge in [-0.15, -0.1) is 0 Å². The lowest BCUT2D eigenvalue weighted by molar-refractivity contribution is -0.127. The van der Waals surface area contributed by atoms with E-state index in [0.717, 1.165) is 36.9 Å². The number of benzene rings is 2. The molecule has 0 spiro atoms. The summed E-state index contributed by atoms with van der Waals surface area (Å²) in [4.78, 5) is 15.4. The Kier molecular flexibility index (Phi) is 7.26. The third kappa shape index (κ3) is 5.89. The van der Waals surface area contributed by atoms with Crippen molar-refractivity contribution in [2.24, 2.45) is 5.92 Å². The average Bonchev–Trinajstić information content (AvgIpc) is 2.73. The molecule has 0 aromatic heterocycles. The highest BCUT2D eigenvalue weighted by atomic mass is 32.2. The Balaban J connectivity index is 1.61. The number of carbonyl (C=O) groups is 1. The maximum absolute atomic E-state index is 13.1. The molecule has 1 heterocycles. The molecule has 1 N–H and O–H groups in total. The van der Waals surface area contributed by atoms with Crippen LogP contribution in [0.4, 0.5) is 4.39 Å². The number of sulfone groups is 1. The first-order valence-corrected chi connectivity index (χ1v) is 12.2. The molecule has 2 aromatic carbocycles.